The number of hydrogen-bond donors (Lipinski definition) is 1. The van der Waals surface area contributed by atoms with E-state index in [1.165, 1.54) is 42.6 Å². The fourth-order valence-electron chi connectivity index (χ4n) is 4.46. The molecule has 0 saturated heterocycles. The fourth-order valence-corrected chi connectivity index (χ4v) is 4.46. The molecule has 1 aromatic carbocycles. The van der Waals surface area contributed by atoms with Gasteiger partial charge in [-0.1, -0.05) is 12.1 Å². The second-order valence-corrected chi connectivity index (χ2v) is 8.95. The van der Waals surface area contributed by atoms with Crippen LogP contribution in [0, 0.1) is 5.92 Å². The van der Waals surface area contributed by atoms with Crippen molar-refractivity contribution in [1.29, 1.82) is 0 Å². The van der Waals surface area contributed by atoms with E-state index in [0.717, 1.165) is 31.3 Å². The number of benzene rings is 1. The van der Waals surface area contributed by atoms with Gasteiger partial charge in [0.1, 0.15) is 5.75 Å². The number of ether oxygens (including phenoxy) is 1. The van der Waals surface area contributed by atoms with Crippen LogP contribution in [-0.2, 0) is 20.1 Å². The Labute approximate surface area is 176 Å². The Bertz CT molecular complexity index is 762. The van der Waals surface area contributed by atoms with Gasteiger partial charge in [0.15, 0.2) is 0 Å². The van der Waals surface area contributed by atoms with Gasteiger partial charge in [-0.15, -0.1) is 0 Å². The maximum absolute atomic E-state index is 5.83. The van der Waals surface area contributed by atoms with Gasteiger partial charge < -0.3 is 10.1 Å². The van der Waals surface area contributed by atoms with Crippen molar-refractivity contribution in [2.24, 2.45) is 13.0 Å². The van der Waals surface area contributed by atoms with Crippen molar-refractivity contribution >= 4 is 0 Å². The van der Waals surface area contributed by atoms with Gasteiger partial charge in [0, 0.05) is 26.1 Å². The highest BCUT2D eigenvalue weighted by Gasteiger charge is 2.24. The van der Waals surface area contributed by atoms with E-state index in [9.17, 15) is 0 Å². The van der Waals surface area contributed by atoms with Crippen molar-refractivity contribution in [2.75, 3.05) is 20.6 Å². The second kappa shape index (κ2) is 10.3. The third kappa shape index (κ3) is 6.31. The second-order valence-electron chi connectivity index (χ2n) is 8.95. The molecule has 0 amide bonds. The lowest BCUT2D eigenvalue weighted by Gasteiger charge is -2.27. The molecule has 1 heterocycles. The van der Waals surface area contributed by atoms with Crippen LogP contribution in [0.3, 0.4) is 0 Å². The minimum Gasteiger partial charge on any atom is -0.491 e. The average Bonchev–Trinajstić information content (AvgIpc) is 3.02. The van der Waals surface area contributed by atoms with Gasteiger partial charge >= 0.3 is 0 Å². The Hall–Kier alpha value is -1.85. The van der Waals surface area contributed by atoms with Crippen molar-refractivity contribution in [2.45, 2.75) is 64.6 Å². The molecule has 1 aliphatic carbocycles. The van der Waals surface area contributed by atoms with Crippen LogP contribution < -0.4 is 10.1 Å². The molecule has 3 rings (SSSR count). The zero-order chi connectivity index (χ0) is 20.8. The molecule has 0 bridgehead atoms. The molecule has 1 fully saturated rings. The predicted molar refractivity (Wildman–Crippen MR) is 119 cm³/mol. The molecule has 0 spiro atoms. The van der Waals surface area contributed by atoms with E-state index in [4.69, 9.17) is 9.84 Å². The third-order valence-electron chi connectivity index (χ3n) is 5.91. The summed E-state index contributed by atoms with van der Waals surface area (Å²) in [6.07, 6.45) is 5.35. The standard InChI is InChI=1S/C24H38N4O/c1-18(2)29-23-8-6-7-20(13-23)16-27(4)17-22-14-24(26-28(22)5)21-11-9-19(10-12-21)15-25-3/h6-8,13-14,18-19,21,25H,9-12,15-17H2,1-5H3. The first kappa shape index (κ1) is 21.8. The molecule has 0 aliphatic heterocycles. The van der Waals surface area contributed by atoms with E-state index < -0.39 is 0 Å². The number of nitrogens with one attached hydrogen (secondary N) is 1. The van der Waals surface area contributed by atoms with E-state index in [-0.39, 0.29) is 6.10 Å². The van der Waals surface area contributed by atoms with Crippen LogP contribution in [0.15, 0.2) is 30.3 Å². The quantitative estimate of drug-likeness (QED) is 0.683. The van der Waals surface area contributed by atoms with Gasteiger partial charge in [-0.05, 0) is 89.9 Å². The van der Waals surface area contributed by atoms with Crippen LogP contribution in [0.25, 0.3) is 0 Å². The lowest BCUT2D eigenvalue weighted by atomic mass is 9.80. The summed E-state index contributed by atoms with van der Waals surface area (Å²) in [7, 11) is 6.31. The van der Waals surface area contributed by atoms with Crippen LogP contribution in [0.1, 0.15) is 62.4 Å². The van der Waals surface area contributed by atoms with E-state index in [2.05, 4.69) is 74.2 Å². The SMILES string of the molecule is CNCC1CCC(c2cc(CN(C)Cc3cccc(OC(C)C)c3)n(C)n2)CC1. The van der Waals surface area contributed by atoms with E-state index >= 15 is 0 Å². The van der Waals surface area contributed by atoms with Gasteiger partial charge in [0.2, 0.25) is 0 Å². The monoisotopic (exact) mass is 398 g/mol. The van der Waals surface area contributed by atoms with Gasteiger partial charge in [-0.2, -0.15) is 5.10 Å². The maximum Gasteiger partial charge on any atom is 0.120 e. The van der Waals surface area contributed by atoms with Gasteiger partial charge in [0.05, 0.1) is 17.5 Å². The zero-order valence-corrected chi connectivity index (χ0v) is 18.8. The Balaban J connectivity index is 1.57. The first-order valence-corrected chi connectivity index (χ1v) is 11.1. The summed E-state index contributed by atoms with van der Waals surface area (Å²) in [4.78, 5) is 2.35. The number of hydrogen-bond acceptors (Lipinski definition) is 4. The highest BCUT2D eigenvalue weighted by atomic mass is 16.5. The third-order valence-corrected chi connectivity index (χ3v) is 5.91. The minimum atomic E-state index is 0.198. The maximum atomic E-state index is 5.83. The van der Waals surface area contributed by atoms with E-state index in [1.54, 1.807) is 0 Å². The molecule has 0 unspecified atom stereocenters. The molecule has 29 heavy (non-hydrogen) atoms. The summed E-state index contributed by atoms with van der Waals surface area (Å²) in [6.45, 7) is 7.06. The molecular weight excluding hydrogens is 360 g/mol. The molecule has 160 valence electrons. The summed E-state index contributed by atoms with van der Waals surface area (Å²) >= 11 is 0. The smallest absolute Gasteiger partial charge is 0.120 e. The number of rotatable bonds is 9. The molecular formula is C24H38N4O. The molecule has 1 saturated carbocycles. The van der Waals surface area contributed by atoms with Crippen LogP contribution in [-0.4, -0.2) is 41.4 Å². The van der Waals surface area contributed by atoms with E-state index in [1.807, 2.05) is 6.07 Å². The van der Waals surface area contributed by atoms with Crippen LogP contribution in [0.5, 0.6) is 5.75 Å². The first-order valence-electron chi connectivity index (χ1n) is 11.1. The molecule has 0 atom stereocenters. The summed E-state index contributed by atoms with van der Waals surface area (Å²) in [5, 5.41) is 8.19. The summed E-state index contributed by atoms with van der Waals surface area (Å²) in [5.41, 5.74) is 3.84. The molecule has 5 nitrogen and oxygen atoms in total. The highest BCUT2D eigenvalue weighted by molar-refractivity contribution is 5.28. The Morgan fingerprint density at radius 1 is 1.17 bits per heavy atom. The summed E-state index contributed by atoms with van der Waals surface area (Å²) in [6, 6.07) is 10.8. The molecule has 2 aromatic rings. The van der Waals surface area contributed by atoms with Gasteiger partial charge in [-0.3, -0.25) is 9.58 Å². The van der Waals surface area contributed by atoms with Crippen molar-refractivity contribution in [3.05, 3.63) is 47.3 Å². The zero-order valence-electron chi connectivity index (χ0n) is 18.8. The van der Waals surface area contributed by atoms with Crippen molar-refractivity contribution < 1.29 is 4.74 Å². The van der Waals surface area contributed by atoms with Crippen molar-refractivity contribution in [3.8, 4) is 5.75 Å². The Morgan fingerprint density at radius 2 is 1.93 bits per heavy atom. The summed E-state index contributed by atoms with van der Waals surface area (Å²) in [5.74, 6) is 2.40. The molecule has 1 N–H and O–H groups in total. The molecule has 5 heteroatoms. The van der Waals surface area contributed by atoms with Gasteiger partial charge in [0.25, 0.3) is 0 Å². The minimum absolute atomic E-state index is 0.198. The van der Waals surface area contributed by atoms with Crippen LogP contribution in [0.4, 0.5) is 0 Å². The predicted octanol–water partition coefficient (Wildman–Crippen LogP) is 4.33. The largest absolute Gasteiger partial charge is 0.491 e. The first-order chi connectivity index (χ1) is 13.9. The summed E-state index contributed by atoms with van der Waals surface area (Å²) < 4.78 is 7.90. The Morgan fingerprint density at radius 3 is 2.62 bits per heavy atom. The lowest BCUT2D eigenvalue weighted by Crippen LogP contribution is -2.23. The van der Waals surface area contributed by atoms with Crippen molar-refractivity contribution in [3.63, 3.8) is 0 Å². The fraction of sp³-hybridized carbons (Fsp3) is 0.625. The normalized spacial score (nSPS) is 19.8. The van der Waals surface area contributed by atoms with Crippen LogP contribution in [0.2, 0.25) is 0 Å². The highest BCUT2D eigenvalue weighted by Crippen LogP contribution is 2.35. The molecule has 1 aliphatic rings. The number of nitrogens with zero attached hydrogens (tertiary/aromatic N) is 3. The lowest BCUT2D eigenvalue weighted by molar-refractivity contribution is 0.241. The van der Waals surface area contributed by atoms with Crippen LogP contribution >= 0.6 is 0 Å². The van der Waals surface area contributed by atoms with Gasteiger partial charge in [-0.25, -0.2) is 0 Å². The Kier molecular flexibility index (Phi) is 7.73. The number of aromatic nitrogens is 2. The molecule has 0 radical (unpaired) electrons. The van der Waals surface area contributed by atoms with E-state index in [0.29, 0.717) is 5.92 Å². The van der Waals surface area contributed by atoms with Crippen molar-refractivity contribution in [1.82, 2.24) is 20.0 Å². The average molecular weight is 399 g/mol. The topological polar surface area (TPSA) is 42.3 Å². The molecule has 1 aromatic heterocycles. The number of aryl methyl sites for hydroxylation is 1.